The summed E-state index contributed by atoms with van der Waals surface area (Å²) in [6.45, 7) is 6.17. The van der Waals surface area contributed by atoms with Crippen molar-refractivity contribution in [1.29, 1.82) is 0 Å². The molecule has 0 aliphatic carbocycles. The lowest BCUT2D eigenvalue weighted by Gasteiger charge is -2.04. The number of carbonyl (C=O) groups is 1. The summed E-state index contributed by atoms with van der Waals surface area (Å²) in [5.41, 5.74) is 0.985. The third-order valence-corrected chi connectivity index (χ3v) is 2.23. The molecule has 112 valence electrons. The Hall–Kier alpha value is -2.56. The van der Waals surface area contributed by atoms with Crippen LogP contribution in [0.25, 0.3) is 0 Å². The molecule has 1 rings (SSSR count). The van der Waals surface area contributed by atoms with Gasteiger partial charge in [0.05, 0.1) is 6.61 Å². The van der Waals surface area contributed by atoms with E-state index in [4.69, 9.17) is 14.3 Å². The number of hydrogen-bond acceptors (Lipinski definition) is 5. The van der Waals surface area contributed by atoms with E-state index in [1.807, 2.05) is 30.3 Å². The third kappa shape index (κ3) is 7.57. The number of benzene rings is 1. The van der Waals surface area contributed by atoms with Crippen molar-refractivity contribution in [2.24, 2.45) is 5.16 Å². The van der Waals surface area contributed by atoms with E-state index in [0.29, 0.717) is 13.2 Å². The molecular formula is C16H19NO4. The van der Waals surface area contributed by atoms with Crippen molar-refractivity contribution in [2.45, 2.75) is 13.5 Å². The Bertz CT molecular complexity index is 494. The van der Waals surface area contributed by atoms with Crippen molar-refractivity contribution < 1.29 is 19.1 Å². The van der Waals surface area contributed by atoms with E-state index in [1.54, 1.807) is 13.0 Å². The molecule has 0 unspecified atom stereocenters. The molecule has 0 saturated carbocycles. The molecule has 0 N–H and O–H groups in total. The summed E-state index contributed by atoms with van der Waals surface area (Å²) in [6.07, 6.45) is 4.20. The van der Waals surface area contributed by atoms with Crippen molar-refractivity contribution in [3.05, 3.63) is 60.7 Å². The first-order valence-electron chi connectivity index (χ1n) is 6.58. The molecule has 5 nitrogen and oxygen atoms in total. The number of rotatable bonds is 8. The topological polar surface area (TPSA) is 57.1 Å². The van der Waals surface area contributed by atoms with Gasteiger partial charge in [0, 0.05) is 12.2 Å². The van der Waals surface area contributed by atoms with Crippen LogP contribution in [0.1, 0.15) is 12.5 Å². The molecule has 0 heterocycles. The summed E-state index contributed by atoms with van der Waals surface area (Å²) in [4.78, 5) is 16.4. The van der Waals surface area contributed by atoms with Gasteiger partial charge in [-0.3, -0.25) is 0 Å². The molecule has 0 radical (unpaired) electrons. The van der Waals surface area contributed by atoms with Crippen molar-refractivity contribution in [1.82, 2.24) is 0 Å². The molecule has 21 heavy (non-hydrogen) atoms. The first-order chi connectivity index (χ1) is 10.3. The standard InChI is InChI=1S/C16H19NO4/c1-3-12-20-15(10-11-16(18)19-4-2)17-21-13-14-8-6-5-7-9-14/h3,5-11H,1,4,12-13H2,2H3/b11-10+,17-15-. The second-order valence-corrected chi connectivity index (χ2v) is 3.87. The molecule has 0 bridgehead atoms. The minimum Gasteiger partial charge on any atom is -0.471 e. The fourth-order valence-corrected chi connectivity index (χ4v) is 1.32. The van der Waals surface area contributed by atoms with Crippen LogP contribution in [0.15, 0.2) is 60.3 Å². The second-order valence-electron chi connectivity index (χ2n) is 3.87. The van der Waals surface area contributed by atoms with Gasteiger partial charge in [0.25, 0.3) is 5.90 Å². The molecule has 0 atom stereocenters. The zero-order chi connectivity index (χ0) is 15.3. The van der Waals surface area contributed by atoms with Gasteiger partial charge in [-0.2, -0.15) is 0 Å². The van der Waals surface area contributed by atoms with Crippen molar-refractivity contribution in [2.75, 3.05) is 13.2 Å². The summed E-state index contributed by atoms with van der Waals surface area (Å²) in [5.74, 6) is -0.283. The second kappa shape index (κ2) is 10.3. The average molecular weight is 289 g/mol. The third-order valence-electron chi connectivity index (χ3n) is 2.23. The van der Waals surface area contributed by atoms with Gasteiger partial charge in [0.1, 0.15) is 13.2 Å². The summed E-state index contributed by atoms with van der Waals surface area (Å²) < 4.78 is 10.0. The zero-order valence-electron chi connectivity index (χ0n) is 12.0. The number of oxime groups is 1. The number of ether oxygens (including phenoxy) is 2. The van der Waals surface area contributed by atoms with Gasteiger partial charge >= 0.3 is 5.97 Å². The van der Waals surface area contributed by atoms with E-state index in [-0.39, 0.29) is 12.5 Å². The Morgan fingerprint density at radius 2 is 2.00 bits per heavy atom. The Kier molecular flexibility index (Phi) is 8.05. The largest absolute Gasteiger partial charge is 0.471 e. The maximum atomic E-state index is 11.2. The lowest BCUT2D eigenvalue weighted by Crippen LogP contribution is -2.05. The van der Waals surface area contributed by atoms with Crippen molar-refractivity contribution in [3.63, 3.8) is 0 Å². The summed E-state index contributed by atoms with van der Waals surface area (Å²) >= 11 is 0. The van der Waals surface area contributed by atoms with Crippen LogP contribution in [0, 0.1) is 0 Å². The van der Waals surface area contributed by atoms with Gasteiger partial charge in [0.2, 0.25) is 0 Å². The molecule has 0 saturated heterocycles. The van der Waals surface area contributed by atoms with Crippen LogP contribution in [0.5, 0.6) is 0 Å². The van der Waals surface area contributed by atoms with Gasteiger partial charge in [-0.15, -0.1) is 0 Å². The maximum Gasteiger partial charge on any atom is 0.330 e. The minimum absolute atomic E-state index is 0.180. The molecule has 0 amide bonds. The molecular weight excluding hydrogens is 270 g/mol. The lowest BCUT2D eigenvalue weighted by molar-refractivity contribution is -0.137. The van der Waals surface area contributed by atoms with E-state index in [9.17, 15) is 4.79 Å². The van der Waals surface area contributed by atoms with E-state index in [1.165, 1.54) is 12.2 Å². The Morgan fingerprint density at radius 3 is 2.67 bits per heavy atom. The molecule has 0 aliphatic rings. The summed E-state index contributed by atoms with van der Waals surface area (Å²) in [7, 11) is 0. The predicted molar refractivity (Wildman–Crippen MR) is 80.6 cm³/mol. The number of carbonyl (C=O) groups excluding carboxylic acids is 1. The molecule has 0 fully saturated rings. The van der Waals surface area contributed by atoms with Crippen LogP contribution in [-0.2, 0) is 25.7 Å². The smallest absolute Gasteiger partial charge is 0.330 e. The highest BCUT2D eigenvalue weighted by molar-refractivity contribution is 5.94. The predicted octanol–water partition coefficient (Wildman–Crippen LogP) is 2.84. The normalized spacial score (nSPS) is 11.2. The number of esters is 1. The van der Waals surface area contributed by atoms with E-state index >= 15 is 0 Å². The monoisotopic (exact) mass is 289 g/mol. The van der Waals surface area contributed by atoms with Crippen LogP contribution < -0.4 is 0 Å². The highest BCUT2D eigenvalue weighted by Gasteiger charge is 2.00. The first kappa shape index (κ1) is 16.5. The SMILES string of the molecule is C=CCOC(/C=C/C(=O)OCC)=N\OCc1ccccc1. The van der Waals surface area contributed by atoms with E-state index in [0.717, 1.165) is 5.56 Å². The van der Waals surface area contributed by atoms with Crippen molar-refractivity contribution in [3.8, 4) is 0 Å². The highest BCUT2D eigenvalue weighted by atomic mass is 16.6. The summed E-state index contributed by atoms with van der Waals surface area (Å²) in [5, 5.41) is 3.84. The molecule has 0 spiro atoms. The Labute approximate surface area is 124 Å². The molecule has 5 heteroatoms. The lowest BCUT2D eigenvalue weighted by atomic mass is 10.2. The van der Waals surface area contributed by atoms with Crippen LogP contribution in [0.2, 0.25) is 0 Å². The van der Waals surface area contributed by atoms with E-state index < -0.39 is 5.97 Å². The molecule has 0 aromatic heterocycles. The average Bonchev–Trinajstić information content (AvgIpc) is 2.51. The van der Waals surface area contributed by atoms with Crippen LogP contribution in [0.4, 0.5) is 0 Å². The van der Waals surface area contributed by atoms with Gasteiger partial charge < -0.3 is 14.3 Å². The zero-order valence-corrected chi connectivity index (χ0v) is 12.0. The van der Waals surface area contributed by atoms with Crippen LogP contribution in [0.3, 0.4) is 0 Å². The van der Waals surface area contributed by atoms with Gasteiger partial charge in [-0.1, -0.05) is 43.0 Å². The van der Waals surface area contributed by atoms with E-state index in [2.05, 4.69) is 11.7 Å². The Morgan fingerprint density at radius 1 is 1.24 bits per heavy atom. The fourth-order valence-electron chi connectivity index (χ4n) is 1.32. The summed E-state index contributed by atoms with van der Waals surface area (Å²) in [6, 6.07) is 9.60. The van der Waals surface area contributed by atoms with Crippen LogP contribution in [-0.4, -0.2) is 25.1 Å². The molecule has 1 aromatic carbocycles. The first-order valence-corrected chi connectivity index (χ1v) is 6.58. The number of nitrogens with zero attached hydrogens (tertiary/aromatic N) is 1. The molecule has 1 aromatic rings. The van der Waals surface area contributed by atoms with Crippen LogP contribution >= 0.6 is 0 Å². The highest BCUT2D eigenvalue weighted by Crippen LogP contribution is 2.01. The molecule has 0 aliphatic heterocycles. The van der Waals surface area contributed by atoms with Gasteiger partial charge in [-0.05, 0) is 17.6 Å². The Balaban J connectivity index is 2.56. The van der Waals surface area contributed by atoms with Gasteiger partial charge in [-0.25, -0.2) is 4.79 Å². The number of hydrogen-bond donors (Lipinski definition) is 0. The quantitative estimate of drug-likeness (QED) is 0.184. The van der Waals surface area contributed by atoms with Crippen molar-refractivity contribution >= 4 is 11.9 Å². The maximum absolute atomic E-state index is 11.2. The van der Waals surface area contributed by atoms with Gasteiger partial charge in [0.15, 0.2) is 0 Å². The fraction of sp³-hybridized carbons (Fsp3) is 0.250. The minimum atomic E-state index is -0.463.